The van der Waals surface area contributed by atoms with Gasteiger partial charge in [-0.15, -0.1) is 0 Å². The summed E-state index contributed by atoms with van der Waals surface area (Å²) in [5.41, 5.74) is 1.54. The first-order valence-corrected chi connectivity index (χ1v) is 4.92. The third-order valence-electron chi connectivity index (χ3n) is 2.22. The molecule has 0 fully saturated rings. The van der Waals surface area contributed by atoms with Crippen molar-refractivity contribution in [1.82, 2.24) is 10.2 Å². The highest BCUT2D eigenvalue weighted by Gasteiger charge is 2.19. The van der Waals surface area contributed by atoms with Crippen LogP contribution in [-0.2, 0) is 5.41 Å². The first-order chi connectivity index (χ1) is 6.32. The van der Waals surface area contributed by atoms with E-state index in [9.17, 15) is 4.79 Å². The first-order valence-electron chi connectivity index (χ1n) is 4.92. The van der Waals surface area contributed by atoms with Crippen molar-refractivity contribution >= 4 is 0 Å². The molecule has 0 aromatic carbocycles. The molecule has 0 saturated carbocycles. The number of aromatic amines is 1. The van der Waals surface area contributed by atoms with E-state index in [0.29, 0.717) is 5.92 Å². The monoisotopic (exact) mass is 194 g/mol. The Kier molecular flexibility index (Phi) is 2.79. The number of nitrogens with zero attached hydrogens (tertiary/aromatic N) is 1. The van der Waals surface area contributed by atoms with Crippen molar-refractivity contribution in [3.63, 3.8) is 0 Å². The summed E-state index contributed by atoms with van der Waals surface area (Å²) in [6.07, 6.45) is 0. The second-order valence-electron chi connectivity index (χ2n) is 4.94. The third-order valence-corrected chi connectivity index (χ3v) is 2.22. The highest BCUT2D eigenvalue weighted by molar-refractivity contribution is 5.22. The van der Waals surface area contributed by atoms with Gasteiger partial charge in [-0.2, -0.15) is 5.10 Å². The van der Waals surface area contributed by atoms with Crippen LogP contribution >= 0.6 is 0 Å². The van der Waals surface area contributed by atoms with E-state index in [1.807, 2.05) is 26.8 Å². The maximum atomic E-state index is 11.5. The van der Waals surface area contributed by atoms with Gasteiger partial charge in [0.25, 0.3) is 5.56 Å². The van der Waals surface area contributed by atoms with E-state index in [-0.39, 0.29) is 11.0 Å². The van der Waals surface area contributed by atoms with Crippen LogP contribution in [0.5, 0.6) is 0 Å². The Morgan fingerprint density at radius 2 is 1.93 bits per heavy atom. The molecule has 1 aromatic heterocycles. The number of nitrogens with one attached hydrogen (secondary N) is 1. The zero-order chi connectivity index (χ0) is 10.9. The molecule has 1 aromatic rings. The fourth-order valence-electron chi connectivity index (χ4n) is 1.27. The van der Waals surface area contributed by atoms with Crippen LogP contribution in [0.4, 0.5) is 0 Å². The Morgan fingerprint density at radius 1 is 1.36 bits per heavy atom. The van der Waals surface area contributed by atoms with Gasteiger partial charge in [-0.1, -0.05) is 34.6 Å². The van der Waals surface area contributed by atoms with Crippen LogP contribution in [0.25, 0.3) is 0 Å². The van der Waals surface area contributed by atoms with Crippen LogP contribution in [0.15, 0.2) is 10.9 Å². The molecule has 0 atom stereocenters. The van der Waals surface area contributed by atoms with Crippen LogP contribution in [0.1, 0.15) is 51.8 Å². The molecule has 0 spiro atoms. The summed E-state index contributed by atoms with van der Waals surface area (Å²) in [5.74, 6) is 0.341. The minimum Gasteiger partial charge on any atom is -0.268 e. The minimum atomic E-state index is -0.125. The number of hydrogen-bond acceptors (Lipinski definition) is 2. The van der Waals surface area contributed by atoms with Crippen molar-refractivity contribution in [2.75, 3.05) is 0 Å². The highest BCUT2D eigenvalue weighted by atomic mass is 16.1. The normalized spacial score (nSPS) is 12.1. The van der Waals surface area contributed by atoms with E-state index in [0.717, 1.165) is 11.3 Å². The van der Waals surface area contributed by atoms with Gasteiger partial charge in [-0.3, -0.25) is 4.79 Å². The number of aromatic nitrogens is 2. The molecule has 14 heavy (non-hydrogen) atoms. The molecule has 0 saturated heterocycles. The van der Waals surface area contributed by atoms with Gasteiger partial charge < -0.3 is 0 Å². The average molecular weight is 194 g/mol. The Labute approximate surface area is 84.6 Å². The summed E-state index contributed by atoms with van der Waals surface area (Å²) >= 11 is 0. The molecule has 0 aliphatic heterocycles. The molecule has 1 N–H and O–H groups in total. The summed E-state index contributed by atoms with van der Waals surface area (Å²) in [5, 5.41) is 6.57. The molecular formula is C11H18N2O. The Bertz CT molecular complexity index is 372. The maximum absolute atomic E-state index is 11.5. The third kappa shape index (κ3) is 2.22. The first kappa shape index (κ1) is 11.0. The smallest absolute Gasteiger partial charge is 0.267 e. The summed E-state index contributed by atoms with van der Waals surface area (Å²) in [6.45, 7) is 10.2. The molecule has 0 aliphatic rings. The summed E-state index contributed by atoms with van der Waals surface area (Å²) in [6, 6.07) is 1.91. The van der Waals surface area contributed by atoms with Crippen molar-refractivity contribution in [2.24, 2.45) is 0 Å². The van der Waals surface area contributed by atoms with Crippen LogP contribution in [0, 0.1) is 0 Å². The van der Waals surface area contributed by atoms with Gasteiger partial charge >= 0.3 is 0 Å². The molecule has 3 heteroatoms. The lowest BCUT2D eigenvalue weighted by Gasteiger charge is -2.18. The van der Waals surface area contributed by atoms with Crippen molar-refractivity contribution in [3.8, 4) is 0 Å². The lowest BCUT2D eigenvalue weighted by molar-refractivity contribution is 0.573. The molecule has 1 heterocycles. The van der Waals surface area contributed by atoms with Crippen molar-refractivity contribution in [1.29, 1.82) is 0 Å². The van der Waals surface area contributed by atoms with E-state index in [2.05, 4.69) is 24.0 Å². The van der Waals surface area contributed by atoms with E-state index >= 15 is 0 Å². The molecular weight excluding hydrogens is 176 g/mol. The van der Waals surface area contributed by atoms with Gasteiger partial charge in [0.1, 0.15) is 0 Å². The Morgan fingerprint density at radius 3 is 2.36 bits per heavy atom. The standard InChI is InChI=1S/C11H18N2O/c1-7(2)9-6-8(11(3,4)5)10(14)13-12-9/h6-7H,1-5H3,(H,13,14). The summed E-state index contributed by atoms with van der Waals surface area (Å²) < 4.78 is 0. The summed E-state index contributed by atoms with van der Waals surface area (Å²) in [7, 11) is 0. The summed E-state index contributed by atoms with van der Waals surface area (Å²) in [4.78, 5) is 11.5. The lowest BCUT2D eigenvalue weighted by Crippen LogP contribution is -2.26. The lowest BCUT2D eigenvalue weighted by atomic mass is 9.87. The van der Waals surface area contributed by atoms with Crippen LogP contribution < -0.4 is 5.56 Å². The minimum absolute atomic E-state index is 0.0816. The van der Waals surface area contributed by atoms with Gasteiger partial charge in [-0.05, 0) is 17.4 Å². The molecule has 0 aliphatic carbocycles. The molecule has 78 valence electrons. The van der Waals surface area contributed by atoms with Gasteiger partial charge in [0.05, 0.1) is 5.69 Å². The van der Waals surface area contributed by atoms with Crippen molar-refractivity contribution in [3.05, 3.63) is 27.7 Å². The predicted octanol–water partition coefficient (Wildman–Crippen LogP) is 2.19. The Hall–Kier alpha value is -1.12. The second-order valence-corrected chi connectivity index (χ2v) is 4.94. The van der Waals surface area contributed by atoms with Gasteiger partial charge in [0.2, 0.25) is 0 Å². The topological polar surface area (TPSA) is 45.8 Å². The van der Waals surface area contributed by atoms with E-state index in [4.69, 9.17) is 0 Å². The average Bonchev–Trinajstić information content (AvgIpc) is 2.02. The molecule has 0 unspecified atom stereocenters. The molecule has 0 radical (unpaired) electrons. The highest BCUT2D eigenvalue weighted by Crippen LogP contribution is 2.20. The van der Waals surface area contributed by atoms with Gasteiger partial charge in [-0.25, -0.2) is 5.10 Å². The van der Waals surface area contributed by atoms with E-state index in [1.54, 1.807) is 0 Å². The number of hydrogen-bond donors (Lipinski definition) is 1. The number of rotatable bonds is 1. The predicted molar refractivity (Wildman–Crippen MR) is 57.6 cm³/mol. The van der Waals surface area contributed by atoms with Crippen LogP contribution in [0.3, 0.4) is 0 Å². The van der Waals surface area contributed by atoms with Gasteiger partial charge in [0, 0.05) is 5.56 Å². The molecule has 0 bridgehead atoms. The SMILES string of the molecule is CC(C)c1cc(C(C)(C)C)c(=O)[nH]n1. The fraction of sp³-hybridized carbons (Fsp3) is 0.636. The largest absolute Gasteiger partial charge is 0.268 e. The maximum Gasteiger partial charge on any atom is 0.267 e. The van der Waals surface area contributed by atoms with E-state index in [1.165, 1.54) is 0 Å². The van der Waals surface area contributed by atoms with E-state index < -0.39 is 0 Å². The van der Waals surface area contributed by atoms with Crippen LogP contribution in [0.2, 0.25) is 0 Å². The quantitative estimate of drug-likeness (QED) is 0.744. The molecule has 3 nitrogen and oxygen atoms in total. The fourth-order valence-corrected chi connectivity index (χ4v) is 1.27. The zero-order valence-corrected chi connectivity index (χ0v) is 9.51. The zero-order valence-electron chi connectivity index (χ0n) is 9.51. The molecule has 1 rings (SSSR count). The van der Waals surface area contributed by atoms with Gasteiger partial charge in [0.15, 0.2) is 0 Å². The van der Waals surface area contributed by atoms with Crippen molar-refractivity contribution in [2.45, 2.75) is 46.0 Å². The Balaban J connectivity index is 3.30. The second kappa shape index (κ2) is 3.56. The molecule has 0 amide bonds. The van der Waals surface area contributed by atoms with Crippen LogP contribution in [-0.4, -0.2) is 10.2 Å². The number of H-pyrrole nitrogens is 1. The van der Waals surface area contributed by atoms with Crippen molar-refractivity contribution < 1.29 is 0 Å².